The van der Waals surface area contributed by atoms with Crippen molar-refractivity contribution in [1.82, 2.24) is 19.6 Å². The molecule has 1 aromatic heterocycles. The summed E-state index contributed by atoms with van der Waals surface area (Å²) in [4.78, 5) is 27.5. The van der Waals surface area contributed by atoms with Gasteiger partial charge in [0.05, 0.1) is 11.9 Å². The average molecular weight is 309 g/mol. The predicted octanol–water partition coefficient (Wildman–Crippen LogP) is 0.545. The number of nitrogens with zero attached hydrogens (tertiary/aromatic N) is 4. The van der Waals surface area contributed by atoms with Crippen LogP contribution in [0.3, 0.4) is 0 Å². The minimum Gasteiger partial charge on any atom is -0.444 e. The summed E-state index contributed by atoms with van der Waals surface area (Å²) in [7, 11) is 0. The monoisotopic (exact) mass is 309 g/mol. The van der Waals surface area contributed by atoms with Crippen molar-refractivity contribution >= 4 is 17.7 Å². The number of carbonyl (C=O) groups excluding carboxylic acids is 2. The van der Waals surface area contributed by atoms with Crippen molar-refractivity contribution in [2.24, 2.45) is 0 Å². The van der Waals surface area contributed by atoms with Gasteiger partial charge in [0.15, 0.2) is 0 Å². The van der Waals surface area contributed by atoms with E-state index < -0.39 is 5.60 Å². The van der Waals surface area contributed by atoms with Gasteiger partial charge in [0.25, 0.3) is 0 Å². The maximum Gasteiger partial charge on any atom is 0.410 e. The second-order valence-electron chi connectivity index (χ2n) is 6.32. The largest absolute Gasteiger partial charge is 0.444 e. The molecule has 122 valence electrons. The second-order valence-corrected chi connectivity index (χ2v) is 6.32. The van der Waals surface area contributed by atoms with Crippen molar-refractivity contribution in [3.63, 3.8) is 0 Å². The molecular weight excluding hydrogens is 286 g/mol. The molecule has 0 saturated carbocycles. The summed E-state index contributed by atoms with van der Waals surface area (Å²) in [6, 6.07) is 0. The van der Waals surface area contributed by atoms with Gasteiger partial charge in [-0.1, -0.05) is 0 Å². The van der Waals surface area contributed by atoms with Gasteiger partial charge in [0.1, 0.15) is 12.1 Å². The van der Waals surface area contributed by atoms with Crippen LogP contribution in [0.1, 0.15) is 20.8 Å². The van der Waals surface area contributed by atoms with E-state index >= 15 is 0 Å². The van der Waals surface area contributed by atoms with E-state index in [9.17, 15) is 9.59 Å². The molecule has 1 fully saturated rings. The molecule has 2 rings (SSSR count). The maximum absolute atomic E-state index is 12.2. The SMILES string of the molecule is CC(C)(C)OC(=O)N1CCN(C(=O)Cn2cc(N)cn2)CC1. The Labute approximate surface area is 129 Å². The van der Waals surface area contributed by atoms with E-state index in [1.54, 1.807) is 16.0 Å². The van der Waals surface area contributed by atoms with Gasteiger partial charge in [-0.15, -0.1) is 0 Å². The number of piperazine rings is 1. The lowest BCUT2D eigenvalue weighted by Gasteiger charge is -2.35. The van der Waals surface area contributed by atoms with E-state index in [4.69, 9.17) is 10.5 Å². The van der Waals surface area contributed by atoms with Gasteiger partial charge in [-0.3, -0.25) is 9.48 Å². The van der Waals surface area contributed by atoms with Gasteiger partial charge in [-0.05, 0) is 20.8 Å². The zero-order chi connectivity index (χ0) is 16.3. The summed E-state index contributed by atoms with van der Waals surface area (Å²) in [6.45, 7) is 7.60. The molecular formula is C14H23N5O3. The van der Waals surface area contributed by atoms with Crippen LogP contribution in [0.15, 0.2) is 12.4 Å². The Balaban J connectivity index is 1.81. The van der Waals surface area contributed by atoms with Crippen molar-refractivity contribution in [1.29, 1.82) is 0 Å². The third-order valence-electron chi connectivity index (χ3n) is 3.23. The highest BCUT2D eigenvalue weighted by Crippen LogP contribution is 2.12. The molecule has 1 aromatic rings. The zero-order valence-corrected chi connectivity index (χ0v) is 13.3. The highest BCUT2D eigenvalue weighted by atomic mass is 16.6. The van der Waals surface area contributed by atoms with Crippen molar-refractivity contribution in [3.8, 4) is 0 Å². The van der Waals surface area contributed by atoms with Crippen molar-refractivity contribution in [2.75, 3.05) is 31.9 Å². The maximum atomic E-state index is 12.2. The number of hydrogen-bond donors (Lipinski definition) is 1. The molecule has 0 radical (unpaired) electrons. The third-order valence-corrected chi connectivity index (χ3v) is 3.23. The second kappa shape index (κ2) is 6.25. The Morgan fingerprint density at radius 2 is 1.82 bits per heavy atom. The average Bonchev–Trinajstić information content (AvgIpc) is 2.82. The van der Waals surface area contributed by atoms with Crippen molar-refractivity contribution < 1.29 is 14.3 Å². The van der Waals surface area contributed by atoms with Gasteiger partial charge >= 0.3 is 6.09 Å². The molecule has 0 atom stereocenters. The number of hydrogen-bond acceptors (Lipinski definition) is 5. The van der Waals surface area contributed by atoms with E-state index in [0.29, 0.717) is 31.9 Å². The predicted molar refractivity (Wildman–Crippen MR) is 81.0 cm³/mol. The van der Waals surface area contributed by atoms with Crippen LogP contribution in [0.5, 0.6) is 0 Å². The van der Waals surface area contributed by atoms with Crippen LogP contribution in [0.25, 0.3) is 0 Å². The van der Waals surface area contributed by atoms with E-state index in [1.807, 2.05) is 20.8 Å². The van der Waals surface area contributed by atoms with E-state index in [2.05, 4.69) is 5.10 Å². The quantitative estimate of drug-likeness (QED) is 0.861. The molecule has 0 aliphatic carbocycles. The van der Waals surface area contributed by atoms with Crippen molar-refractivity contribution in [2.45, 2.75) is 32.9 Å². The summed E-state index contributed by atoms with van der Waals surface area (Å²) < 4.78 is 6.84. The Morgan fingerprint density at radius 1 is 1.23 bits per heavy atom. The minimum absolute atomic E-state index is 0.0352. The lowest BCUT2D eigenvalue weighted by atomic mass is 10.2. The molecule has 0 aromatic carbocycles. The topological polar surface area (TPSA) is 93.7 Å². The van der Waals surface area contributed by atoms with Crippen LogP contribution in [0, 0.1) is 0 Å². The molecule has 0 unspecified atom stereocenters. The third kappa shape index (κ3) is 4.37. The first-order chi connectivity index (χ1) is 10.2. The Hall–Kier alpha value is -2.25. The normalized spacial score (nSPS) is 15.8. The number of rotatable bonds is 2. The highest BCUT2D eigenvalue weighted by Gasteiger charge is 2.27. The molecule has 0 spiro atoms. The van der Waals surface area contributed by atoms with Gasteiger partial charge in [-0.2, -0.15) is 5.10 Å². The molecule has 2 N–H and O–H groups in total. The summed E-state index contributed by atoms with van der Waals surface area (Å²) in [5.41, 5.74) is 5.59. The van der Waals surface area contributed by atoms with Crippen molar-refractivity contribution in [3.05, 3.63) is 12.4 Å². The number of amides is 2. The van der Waals surface area contributed by atoms with Gasteiger partial charge in [-0.25, -0.2) is 4.79 Å². The smallest absolute Gasteiger partial charge is 0.410 e. The Morgan fingerprint density at radius 3 is 2.32 bits per heavy atom. The molecule has 1 saturated heterocycles. The standard InChI is InChI=1S/C14H23N5O3/c1-14(2,3)22-13(21)18-6-4-17(5-7-18)12(20)10-19-9-11(15)8-16-19/h8-9H,4-7,10,15H2,1-3H3. The lowest BCUT2D eigenvalue weighted by molar-refractivity contribution is -0.133. The Bertz CT molecular complexity index is 541. The first kappa shape index (κ1) is 16.1. The van der Waals surface area contributed by atoms with Crippen LogP contribution < -0.4 is 5.73 Å². The lowest BCUT2D eigenvalue weighted by Crippen LogP contribution is -2.52. The van der Waals surface area contributed by atoms with Crippen LogP contribution in [0.4, 0.5) is 10.5 Å². The molecule has 1 aliphatic rings. The van der Waals surface area contributed by atoms with E-state index in [-0.39, 0.29) is 18.5 Å². The molecule has 2 amide bonds. The van der Waals surface area contributed by atoms with Crippen LogP contribution in [-0.2, 0) is 16.1 Å². The summed E-state index contributed by atoms with van der Waals surface area (Å²) in [5.74, 6) is -0.0352. The summed E-state index contributed by atoms with van der Waals surface area (Å²) >= 11 is 0. The number of ether oxygens (including phenoxy) is 1. The molecule has 1 aliphatic heterocycles. The molecule has 2 heterocycles. The van der Waals surface area contributed by atoms with Gasteiger partial charge in [0, 0.05) is 32.4 Å². The first-order valence-corrected chi connectivity index (χ1v) is 7.28. The molecule has 8 heteroatoms. The fourth-order valence-electron chi connectivity index (χ4n) is 2.17. The van der Waals surface area contributed by atoms with Gasteiger partial charge < -0.3 is 20.3 Å². The van der Waals surface area contributed by atoms with Crippen LogP contribution in [-0.4, -0.2) is 63.4 Å². The van der Waals surface area contributed by atoms with Crippen LogP contribution in [0.2, 0.25) is 0 Å². The Kier molecular flexibility index (Phi) is 4.58. The molecule has 8 nitrogen and oxygen atoms in total. The number of anilines is 1. The van der Waals surface area contributed by atoms with E-state index in [1.165, 1.54) is 10.9 Å². The number of carbonyl (C=O) groups is 2. The molecule has 22 heavy (non-hydrogen) atoms. The first-order valence-electron chi connectivity index (χ1n) is 7.28. The fraction of sp³-hybridized carbons (Fsp3) is 0.643. The van der Waals surface area contributed by atoms with Gasteiger partial charge in [0.2, 0.25) is 5.91 Å². The van der Waals surface area contributed by atoms with E-state index in [0.717, 1.165) is 0 Å². The number of nitrogen functional groups attached to an aromatic ring is 1. The fourth-order valence-corrected chi connectivity index (χ4v) is 2.17. The number of aromatic nitrogens is 2. The number of nitrogens with two attached hydrogens (primary N) is 1. The summed E-state index contributed by atoms with van der Waals surface area (Å²) in [5, 5.41) is 3.99. The van der Waals surface area contributed by atoms with Crippen LogP contribution >= 0.6 is 0 Å². The summed E-state index contributed by atoms with van der Waals surface area (Å²) in [6.07, 6.45) is 2.79. The zero-order valence-electron chi connectivity index (χ0n) is 13.3. The minimum atomic E-state index is -0.510. The highest BCUT2D eigenvalue weighted by molar-refractivity contribution is 5.76. The molecule has 0 bridgehead atoms.